The van der Waals surface area contributed by atoms with E-state index in [9.17, 15) is 4.79 Å². The molecule has 0 aromatic carbocycles. The van der Waals surface area contributed by atoms with Crippen LogP contribution in [0.3, 0.4) is 0 Å². The second-order valence-corrected chi connectivity index (χ2v) is 4.25. The monoisotopic (exact) mass is 330 g/mol. The molecule has 0 fully saturated rings. The Bertz CT molecular complexity index is 142. The van der Waals surface area contributed by atoms with Crippen LogP contribution in [0.2, 0.25) is 0 Å². The predicted octanol–water partition coefficient (Wildman–Crippen LogP) is 2.51. The van der Waals surface area contributed by atoms with Gasteiger partial charge in [-0.25, -0.2) is 0 Å². The molecule has 0 aromatic heterocycles. The van der Waals surface area contributed by atoms with Crippen LogP contribution in [-0.4, -0.2) is 36.5 Å². The first-order valence-electron chi connectivity index (χ1n) is 4.66. The number of alkyl halides is 2. The molecular weight excluding hydrogens is 316 g/mol. The summed E-state index contributed by atoms with van der Waals surface area (Å²) in [5, 5.41) is 1.75. The topological polar surface area (TPSA) is 35.5 Å². The Hall–Kier alpha value is 0.390. The summed E-state index contributed by atoms with van der Waals surface area (Å²) in [6.45, 7) is 1.50. The number of carbonyl (C=O) groups is 1. The maximum atomic E-state index is 11.0. The molecule has 0 heterocycles. The smallest absolute Gasteiger partial charge is 0.305 e. The van der Waals surface area contributed by atoms with Crippen LogP contribution in [-0.2, 0) is 14.3 Å². The SMILES string of the molecule is O=C(CCCCBr)OCCOCCBr. The van der Waals surface area contributed by atoms with E-state index in [1.54, 1.807) is 0 Å². The zero-order valence-electron chi connectivity index (χ0n) is 8.14. The Morgan fingerprint density at radius 2 is 1.79 bits per heavy atom. The Balaban J connectivity index is 3.10. The van der Waals surface area contributed by atoms with Gasteiger partial charge in [-0.05, 0) is 12.8 Å². The van der Waals surface area contributed by atoms with Gasteiger partial charge in [0.25, 0.3) is 0 Å². The zero-order chi connectivity index (χ0) is 10.6. The first kappa shape index (κ1) is 14.4. The molecule has 0 aromatic rings. The van der Waals surface area contributed by atoms with Crippen LogP contribution in [0.4, 0.5) is 0 Å². The van der Waals surface area contributed by atoms with E-state index in [4.69, 9.17) is 9.47 Å². The van der Waals surface area contributed by atoms with Crippen molar-refractivity contribution in [3.05, 3.63) is 0 Å². The van der Waals surface area contributed by atoms with Gasteiger partial charge in [-0.2, -0.15) is 0 Å². The van der Waals surface area contributed by atoms with Crippen molar-refractivity contribution < 1.29 is 14.3 Å². The molecular formula is C9H16Br2O3. The largest absolute Gasteiger partial charge is 0.463 e. The van der Waals surface area contributed by atoms with Gasteiger partial charge in [0, 0.05) is 17.1 Å². The summed E-state index contributed by atoms with van der Waals surface area (Å²) in [5.74, 6) is -0.131. The molecule has 0 atom stereocenters. The molecule has 0 saturated heterocycles. The van der Waals surface area contributed by atoms with Crippen molar-refractivity contribution in [2.45, 2.75) is 19.3 Å². The second kappa shape index (κ2) is 11.5. The molecule has 0 aliphatic carbocycles. The summed E-state index contributed by atoms with van der Waals surface area (Å²) in [6.07, 6.45) is 2.39. The third-order valence-electron chi connectivity index (χ3n) is 1.48. The first-order chi connectivity index (χ1) is 6.81. The third-order valence-corrected chi connectivity index (χ3v) is 2.36. The van der Waals surface area contributed by atoms with Gasteiger partial charge in [-0.3, -0.25) is 4.79 Å². The number of halogens is 2. The van der Waals surface area contributed by atoms with Crippen LogP contribution in [0.5, 0.6) is 0 Å². The summed E-state index contributed by atoms with van der Waals surface area (Å²) >= 11 is 6.54. The van der Waals surface area contributed by atoms with Crippen LogP contribution < -0.4 is 0 Å². The fraction of sp³-hybridized carbons (Fsp3) is 0.889. The molecule has 0 amide bonds. The van der Waals surface area contributed by atoms with Crippen molar-refractivity contribution in [3.8, 4) is 0 Å². The lowest BCUT2D eigenvalue weighted by molar-refractivity contribution is -0.145. The van der Waals surface area contributed by atoms with E-state index in [-0.39, 0.29) is 5.97 Å². The highest BCUT2D eigenvalue weighted by Gasteiger charge is 2.01. The lowest BCUT2D eigenvalue weighted by Gasteiger charge is -2.04. The number of rotatable bonds is 9. The van der Waals surface area contributed by atoms with Gasteiger partial charge < -0.3 is 9.47 Å². The molecule has 0 radical (unpaired) electrons. The van der Waals surface area contributed by atoms with Gasteiger partial charge in [-0.15, -0.1) is 0 Å². The average molecular weight is 332 g/mol. The quantitative estimate of drug-likeness (QED) is 0.370. The van der Waals surface area contributed by atoms with Crippen LogP contribution in [0, 0.1) is 0 Å². The first-order valence-corrected chi connectivity index (χ1v) is 6.91. The van der Waals surface area contributed by atoms with Gasteiger partial charge in [0.1, 0.15) is 6.61 Å². The second-order valence-electron chi connectivity index (χ2n) is 2.67. The van der Waals surface area contributed by atoms with Crippen molar-refractivity contribution in [2.75, 3.05) is 30.5 Å². The summed E-state index contributed by atoms with van der Waals surface area (Å²) in [6, 6.07) is 0. The Labute approximate surface area is 102 Å². The fourth-order valence-electron chi connectivity index (χ4n) is 0.807. The fourth-order valence-corrected chi connectivity index (χ4v) is 1.43. The molecule has 3 nitrogen and oxygen atoms in total. The Kier molecular flexibility index (Phi) is 11.8. The van der Waals surface area contributed by atoms with Crippen LogP contribution >= 0.6 is 31.9 Å². The van der Waals surface area contributed by atoms with Crippen molar-refractivity contribution in [3.63, 3.8) is 0 Å². The van der Waals surface area contributed by atoms with Gasteiger partial charge >= 0.3 is 5.97 Å². The number of hydrogen-bond donors (Lipinski definition) is 0. The van der Waals surface area contributed by atoms with Crippen molar-refractivity contribution >= 4 is 37.8 Å². The molecule has 14 heavy (non-hydrogen) atoms. The molecule has 84 valence electrons. The van der Waals surface area contributed by atoms with E-state index in [1.165, 1.54) is 0 Å². The number of esters is 1. The zero-order valence-corrected chi connectivity index (χ0v) is 11.3. The molecule has 0 aliphatic heterocycles. The minimum atomic E-state index is -0.131. The van der Waals surface area contributed by atoms with Crippen LogP contribution in [0.25, 0.3) is 0 Å². The molecule has 0 bridgehead atoms. The van der Waals surface area contributed by atoms with E-state index in [0.717, 1.165) is 23.5 Å². The number of ether oxygens (including phenoxy) is 2. The molecule has 0 spiro atoms. The highest BCUT2D eigenvalue weighted by atomic mass is 79.9. The van der Waals surface area contributed by atoms with Crippen molar-refractivity contribution in [1.29, 1.82) is 0 Å². The van der Waals surface area contributed by atoms with E-state index in [2.05, 4.69) is 31.9 Å². The lowest BCUT2D eigenvalue weighted by atomic mass is 10.2. The van der Waals surface area contributed by atoms with E-state index < -0.39 is 0 Å². The van der Waals surface area contributed by atoms with Crippen molar-refractivity contribution in [1.82, 2.24) is 0 Å². The van der Waals surface area contributed by atoms with Crippen molar-refractivity contribution in [2.24, 2.45) is 0 Å². The van der Waals surface area contributed by atoms with Gasteiger partial charge in [0.05, 0.1) is 13.2 Å². The Morgan fingerprint density at radius 3 is 2.43 bits per heavy atom. The molecule has 0 unspecified atom stereocenters. The maximum Gasteiger partial charge on any atom is 0.305 e. The third kappa shape index (κ3) is 10.5. The van der Waals surface area contributed by atoms with Crippen LogP contribution in [0.1, 0.15) is 19.3 Å². The van der Waals surface area contributed by atoms with Gasteiger partial charge in [0.15, 0.2) is 0 Å². The highest BCUT2D eigenvalue weighted by molar-refractivity contribution is 9.09. The van der Waals surface area contributed by atoms with E-state index in [1.807, 2.05) is 0 Å². The summed E-state index contributed by atoms with van der Waals surface area (Å²) < 4.78 is 10.1. The average Bonchev–Trinajstić information content (AvgIpc) is 2.18. The molecule has 0 aliphatic rings. The van der Waals surface area contributed by atoms with Gasteiger partial charge in [-0.1, -0.05) is 31.9 Å². The summed E-state index contributed by atoms with van der Waals surface area (Å²) in [5.41, 5.74) is 0. The number of hydrogen-bond acceptors (Lipinski definition) is 3. The van der Waals surface area contributed by atoms with E-state index >= 15 is 0 Å². The Morgan fingerprint density at radius 1 is 1.00 bits per heavy atom. The number of unbranched alkanes of at least 4 members (excludes halogenated alkanes) is 1. The van der Waals surface area contributed by atoms with Gasteiger partial charge in [0.2, 0.25) is 0 Å². The summed E-state index contributed by atoms with van der Waals surface area (Å²) in [4.78, 5) is 11.0. The number of carbonyl (C=O) groups excluding carboxylic acids is 1. The minimum absolute atomic E-state index is 0.131. The molecule has 0 rings (SSSR count). The normalized spacial score (nSPS) is 10.1. The summed E-state index contributed by atoms with van der Waals surface area (Å²) in [7, 11) is 0. The lowest BCUT2D eigenvalue weighted by Crippen LogP contribution is -2.11. The molecule has 5 heteroatoms. The van der Waals surface area contributed by atoms with E-state index in [0.29, 0.717) is 26.2 Å². The van der Waals surface area contributed by atoms with Crippen LogP contribution in [0.15, 0.2) is 0 Å². The molecule has 0 saturated carbocycles. The predicted molar refractivity (Wildman–Crippen MR) is 63.2 cm³/mol. The molecule has 0 N–H and O–H groups in total. The highest BCUT2D eigenvalue weighted by Crippen LogP contribution is 2.00. The maximum absolute atomic E-state index is 11.0. The standard InChI is InChI=1S/C9H16Br2O3/c10-4-2-1-3-9(12)14-8-7-13-6-5-11/h1-8H2. The minimum Gasteiger partial charge on any atom is -0.463 e.